The first-order valence-corrected chi connectivity index (χ1v) is 5.82. The predicted molar refractivity (Wildman–Crippen MR) is 71.2 cm³/mol. The maximum atomic E-state index is 11.1. The number of pyridine rings is 1. The highest BCUT2D eigenvalue weighted by atomic mass is 16.5. The van der Waals surface area contributed by atoms with Crippen LogP contribution in [0.25, 0.3) is 10.9 Å². The highest BCUT2D eigenvalue weighted by molar-refractivity contribution is 5.91. The van der Waals surface area contributed by atoms with Gasteiger partial charge in [-0.1, -0.05) is 12.1 Å². The molecule has 18 heavy (non-hydrogen) atoms. The van der Waals surface area contributed by atoms with Crippen molar-refractivity contribution >= 4 is 22.6 Å². The number of aromatic nitrogens is 1. The molecule has 4 nitrogen and oxygen atoms in total. The number of nitrogen functional groups attached to an aromatic ring is 1. The first kappa shape index (κ1) is 12.4. The van der Waals surface area contributed by atoms with Gasteiger partial charge in [0.05, 0.1) is 18.3 Å². The molecule has 0 spiro atoms. The average molecular weight is 244 g/mol. The molecule has 0 amide bonds. The molecule has 0 fully saturated rings. The third-order valence-electron chi connectivity index (χ3n) is 3.01. The number of hydrogen-bond donors (Lipinski definition) is 1. The fourth-order valence-corrected chi connectivity index (χ4v) is 1.86. The maximum Gasteiger partial charge on any atom is 0.305 e. The van der Waals surface area contributed by atoms with Gasteiger partial charge in [0, 0.05) is 18.0 Å². The molecule has 1 aromatic heterocycles. The molecule has 0 unspecified atom stereocenters. The lowest BCUT2D eigenvalue weighted by Gasteiger charge is -2.06. The van der Waals surface area contributed by atoms with Crippen molar-refractivity contribution in [1.29, 1.82) is 0 Å². The highest BCUT2D eigenvalue weighted by Gasteiger charge is 2.06. The number of esters is 1. The summed E-state index contributed by atoms with van der Waals surface area (Å²) in [5.74, 6) is -0.210. The van der Waals surface area contributed by atoms with E-state index >= 15 is 0 Å². The van der Waals surface area contributed by atoms with Crippen molar-refractivity contribution in [2.24, 2.45) is 0 Å². The van der Waals surface area contributed by atoms with Crippen molar-refractivity contribution in [3.63, 3.8) is 0 Å². The Morgan fingerprint density at radius 1 is 1.44 bits per heavy atom. The van der Waals surface area contributed by atoms with Crippen LogP contribution in [0.15, 0.2) is 24.4 Å². The summed E-state index contributed by atoms with van der Waals surface area (Å²) in [7, 11) is 1.39. The van der Waals surface area contributed by atoms with E-state index in [-0.39, 0.29) is 5.97 Å². The van der Waals surface area contributed by atoms with E-state index in [0.29, 0.717) is 18.5 Å². The van der Waals surface area contributed by atoms with E-state index in [9.17, 15) is 4.79 Å². The molecule has 0 aliphatic heterocycles. The maximum absolute atomic E-state index is 11.1. The second-order valence-corrected chi connectivity index (χ2v) is 4.29. The van der Waals surface area contributed by atoms with Gasteiger partial charge < -0.3 is 10.5 Å². The standard InChI is InChI=1S/C14H16N2O2/c1-9-3-5-11-7-10(4-6-12(17)18-2)8-16-14(11)13(9)15/h3,5,7-8H,4,6,15H2,1-2H3. The zero-order chi connectivity index (χ0) is 13.1. The number of carbonyl (C=O) groups excluding carboxylic acids is 1. The summed E-state index contributed by atoms with van der Waals surface area (Å²) in [6, 6.07) is 5.99. The topological polar surface area (TPSA) is 65.2 Å². The van der Waals surface area contributed by atoms with Gasteiger partial charge in [-0.05, 0) is 30.5 Å². The summed E-state index contributed by atoms with van der Waals surface area (Å²) >= 11 is 0. The number of nitrogens with two attached hydrogens (primary N) is 1. The van der Waals surface area contributed by atoms with E-state index < -0.39 is 0 Å². The Hall–Kier alpha value is -2.10. The number of rotatable bonds is 3. The van der Waals surface area contributed by atoms with Crippen molar-refractivity contribution in [2.75, 3.05) is 12.8 Å². The van der Waals surface area contributed by atoms with Crippen molar-refractivity contribution in [2.45, 2.75) is 19.8 Å². The molecule has 0 bridgehead atoms. The summed E-state index contributed by atoms with van der Waals surface area (Å²) in [4.78, 5) is 15.5. The Morgan fingerprint density at radius 3 is 2.94 bits per heavy atom. The minimum Gasteiger partial charge on any atom is -0.469 e. The quantitative estimate of drug-likeness (QED) is 0.664. The van der Waals surface area contributed by atoms with Gasteiger partial charge in [-0.15, -0.1) is 0 Å². The molecule has 94 valence electrons. The molecular formula is C14H16N2O2. The molecule has 1 aromatic carbocycles. The van der Waals surface area contributed by atoms with Crippen LogP contribution < -0.4 is 5.73 Å². The van der Waals surface area contributed by atoms with Crippen LogP contribution in [-0.2, 0) is 16.0 Å². The minimum atomic E-state index is -0.210. The monoisotopic (exact) mass is 244 g/mol. The zero-order valence-corrected chi connectivity index (χ0v) is 10.6. The molecule has 2 rings (SSSR count). The molecule has 1 heterocycles. The Labute approximate surface area is 106 Å². The lowest BCUT2D eigenvalue weighted by atomic mass is 10.1. The number of fused-ring (bicyclic) bond motifs is 1. The van der Waals surface area contributed by atoms with E-state index in [1.807, 2.05) is 25.1 Å². The van der Waals surface area contributed by atoms with Gasteiger partial charge >= 0.3 is 5.97 Å². The lowest BCUT2D eigenvalue weighted by molar-refractivity contribution is -0.140. The summed E-state index contributed by atoms with van der Waals surface area (Å²) in [6.45, 7) is 1.96. The van der Waals surface area contributed by atoms with Crippen molar-refractivity contribution < 1.29 is 9.53 Å². The van der Waals surface area contributed by atoms with Gasteiger partial charge in [0.15, 0.2) is 0 Å². The number of methoxy groups -OCH3 is 1. The van der Waals surface area contributed by atoms with E-state index in [1.165, 1.54) is 7.11 Å². The second-order valence-electron chi connectivity index (χ2n) is 4.29. The molecule has 0 atom stereocenters. The molecule has 0 aliphatic carbocycles. The van der Waals surface area contributed by atoms with Crippen molar-refractivity contribution in [1.82, 2.24) is 4.98 Å². The van der Waals surface area contributed by atoms with Crippen molar-refractivity contribution in [3.8, 4) is 0 Å². The largest absolute Gasteiger partial charge is 0.469 e. The van der Waals surface area contributed by atoms with E-state index in [2.05, 4.69) is 9.72 Å². The summed E-state index contributed by atoms with van der Waals surface area (Å²) < 4.78 is 4.61. The first-order valence-electron chi connectivity index (χ1n) is 5.82. The van der Waals surface area contributed by atoms with Crippen LogP contribution in [0.3, 0.4) is 0 Å². The highest BCUT2D eigenvalue weighted by Crippen LogP contribution is 2.23. The SMILES string of the molecule is COC(=O)CCc1cnc2c(N)c(C)ccc2c1. The Balaban J connectivity index is 2.28. The third kappa shape index (κ3) is 2.42. The number of benzene rings is 1. The predicted octanol–water partition coefficient (Wildman–Crippen LogP) is 2.23. The molecule has 2 aromatic rings. The van der Waals surface area contributed by atoms with E-state index in [1.54, 1.807) is 6.20 Å². The van der Waals surface area contributed by atoms with Gasteiger partial charge in [-0.25, -0.2) is 0 Å². The fraction of sp³-hybridized carbons (Fsp3) is 0.286. The number of ether oxygens (including phenoxy) is 1. The first-order chi connectivity index (χ1) is 8.61. The average Bonchev–Trinajstić information content (AvgIpc) is 2.40. The molecule has 0 radical (unpaired) electrons. The number of anilines is 1. The minimum absolute atomic E-state index is 0.210. The molecule has 2 N–H and O–H groups in total. The smallest absolute Gasteiger partial charge is 0.305 e. The fourth-order valence-electron chi connectivity index (χ4n) is 1.86. The Bertz CT molecular complexity index is 594. The van der Waals surface area contributed by atoms with Gasteiger partial charge in [-0.3, -0.25) is 9.78 Å². The van der Waals surface area contributed by atoms with Crippen molar-refractivity contribution in [3.05, 3.63) is 35.5 Å². The summed E-state index contributed by atoms with van der Waals surface area (Å²) in [5.41, 5.74) is 9.54. The number of carbonyl (C=O) groups is 1. The molecule has 0 saturated heterocycles. The third-order valence-corrected chi connectivity index (χ3v) is 3.01. The van der Waals surface area contributed by atoms with E-state index in [4.69, 9.17) is 5.73 Å². The summed E-state index contributed by atoms with van der Waals surface area (Å²) in [5, 5.41) is 1.00. The van der Waals surface area contributed by atoms with Gasteiger partial charge in [0.1, 0.15) is 0 Å². The number of hydrogen-bond acceptors (Lipinski definition) is 4. The van der Waals surface area contributed by atoms with Crippen LogP contribution in [0.2, 0.25) is 0 Å². The number of nitrogens with zero attached hydrogens (tertiary/aromatic N) is 1. The van der Waals surface area contributed by atoms with Gasteiger partial charge in [-0.2, -0.15) is 0 Å². The lowest BCUT2D eigenvalue weighted by Crippen LogP contribution is -2.02. The van der Waals surface area contributed by atoms with Crippen LogP contribution in [0.4, 0.5) is 5.69 Å². The normalized spacial score (nSPS) is 10.6. The van der Waals surface area contributed by atoms with Gasteiger partial charge in [0.2, 0.25) is 0 Å². The molecular weight excluding hydrogens is 228 g/mol. The van der Waals surface area contributed by atoms with E-state index in [0.717, 1.165) is 22.0 Å². The zero-order valence-electron chi connectivity index (χ0n) is 10.6. The summed E-state index contributed by atoms with van der Waals surface area (Å²) in [6.07, 6.45) is 2.76. The Morgan fingerprint density at radius 2 is 2.22 bits per heavy atom. The molecule has 4 heteroatoms. The van der Waals surface area contributed by atoms with Crippen LogP contribution in [0, 0.1) is 6.92 Å². The van der Waals surface area contributed by atoms with Crippen LogP contribution in [-0.4, -0.2) is 18.1 Å². The van der Waals surface area contributed by atoms with Crippen LogP contribution >= 0.6 is 0 Å². The van der Waals surface area contributed by atoms with Crippen LogP contribution in [0.1, 0.15) is 17.5 Å². The molecule has 0 aliphatic rings. The van der Waals surface area contributed by atoms with Crippen LogP contribution in [0.5, 0.6) is 0 Å². The molecule has 0 saturated carbocycles. The van der Waals surface area contributed by atoms with Gasteiger partial charge in [0.25, 0.3) is 0 Å². The second kappa shape index (κ2) is 5.04. The number of aryl methyl sites for hydroxylation is 2. The Kier molecular flexibility index (Phi) is 3.46.